The van der Waals surface area contributed by atoms with Gasteiger partial charge in [-0.15, -0.1) is 11.8 Å². The van der Waals surface area contributed by atoms with Crippen LogP contribution in [0.3, 0.4) is 0 Å². The summed E-state index contributed by atoms with van der Waals surface area (Å²) in [5.74, 6) is 0.184. The molecule has 1 aliphatic heterocycles. The Bertz CT molecular complexity index is 418. The summed E-state index contributed by atoms with van der Waals surface area (Å²) in [5, 5.41) is 0. The second-order valence-corrected chi connectivity index (χ2v) is 5.55. The van der Waals surface area contributed by atoms with Crippen LogP contribution in [-0.4, -0.2) is 29.6 Å². The van der Waals surface area contributed by atoms with E-state index >= 15 is 0 Å². The molecule has 0 radical (unpaired) electrons. The first kappa shape index (κ1) is 13.4. The molecule has 1 saturated heterocycles. The van der Waals surface area contributed by atoms with E-state index in [4.69, 9.17) is 5.73 Å². The number of likely N-dealkylation sites (tertiary alicyclic amines) is 1. The maximum Gasteiger partial charge on any atom is 0.224 e. The highest BCUT2D eigenvalue weighted by atomic mass is 32.2. The number of hydrogen-bond donors (Lipinski definition) is 1. The van der Waals surface area contributed by atoms with Crippen LogP contribution in [0.4, 0.5) is 0 Å². The third-order valence-electron chi connectivity index (χ3n) is 3.39. The van der Waals surface area contributed by atoms with Crippen LogP contribution in [0.25, 0.3) is 0 Å². The predicted molar refractivity (Wildman–Crippen MR) is 75.6 cm³/mol. The van der Waals surface area contributed by atoms with E-state index in [1.807, 2.05) is 4.90 Å². The largest absolute Gasteiger partial charge is 0.334 e. The summed E-state index contributed by atoms with van der Waals surface area (Å²) in [7, 11) is 0. The molecule has 1 amide bonds. The number of benzene rings is 1. The van der Waals surface area contributed by atoms with Crippen LogP contribution in [0.2, 0.25) is 0 Å². The Kier molecular flexibility index (Phi) is 4.30. The Hall–Kier alpha value is -1.00. The highest BCUT2D eigenvalue weighted by molar-refractivity contribution is 7.98. The van der Waals surface area contributed by atoms with Crippen LogP contribution in [0.5, 0.6) is 0 Å². The van der Waals surface area contributed by atoms with Crippen molar-refractivity contribution < 1.29 is 4.79 Å². The minimum atomic E-state index is -0.0795. The van der Waals surface area contributed by atoms with E-state index < -0.39 is 0 Å². The lowest BCUT2D eigenvalue weighted by atomic mass is 10.0. The number of nitrogens with zero attached hydrogens (tertiary/aromatic N) is 1. The van der Waals surface area contributed by atoms with Gasteiger partial charge in [-0.05, 0) is 30.4 Å². The molecule has 1 aliphatic rings. The molecule has 1 heterocycles. The number of carbonyl (C=O) groups is 1. The smallest absolute Gasteiger partial charge is 0.224 e. The summed E-state index contributed by atoms with van der Waals surface area (Å²) in [6.07, 6.45) is 3.50. The van der Waals surface area contributed by atoms with Crippen molar-refractivity contribution >= 4 is 17.7 Å². The predicted octanol–water partition coefficient (Wildman–Crippen LogP) is 2.42. The monoisotopic (exact) mass is 264 g/mol. The molecule has 0 spiro atoms. The van der Waals surface area contributed by atoms with Gasteiger partial charge in [0.15, 0.2) is 0 Å². The van der Waals surface area contributed by atoms with E-state index in [2.05, 4.69) is 37.4 Å². The summed E-state index contributed by atoms with van der Waals surface area (Å²) in [5.41, 5.74) is 7.28. The average Bonchev–Trinajstić information content (AvgIpc) is 2.65. The summed E-state index contributed by atoms with van der Waals surface area (Å²) < 4.78 is 0. The Balaban J connectivity index is 2.25. The fourth-order valence-corrected chi connectivity index (χ4v) is 2.96. The van der Waals surface area contributed by atoms with Gasteiger partial charge in [0.25, 0.3) is 0 Å². The molecule has 2 atom stereocenters. The van der Waals surface area contributed by atoms with Crippen LogP contribution in [0.1, 0.15) is 31.4 Å². The van der Waals surface area contributed by atoms with Crippen molar-refractivity contribution in [3.8, 4) is 0 Å². The molecule has 1 aromatic rings. The molecule has 0 saturated carbocycles. The lowest BCUT2D eigenvalue weighted by Gasteiger charge is -2.27. The van der Waals surface area contributed by atoms with Crippen LogP contribution in [-0.2, 0) is 4.79 Å². The number of amides is 1. The molecular formula is C14H20N2OS. The zero-order valence-electron chi connectivity index (χ0n) is 10.9. The highest BCUT2D eigenvalue weighted by Crippen LogP contribution is 2.32. The van der Waals surface area contributed by atoms with E-state index in [9.17, 15) is 4.79 Å². The van der Waals surface area contributed by atoms with Crippen molar-refractivity contribution in [3.63, 3.8) is 0 Å². The zero-order valence-corrected chi connectivity index (χ0v) is 11.7. The van der Waals surface area contributed by atoms with Crippen molar-refractivity contribution in [3.05, 3.63) is 29.8 Å². The van der Waals surface area contributed by atoms with Crippen molar-refractivity contribution in [1.29, 1.82) is 0 Å². The molecule has 2 N–H and O–H groups in total. The third-order valence-corrected chi connectivity index (χ3v) is 4.14. The van der Waals surface area contributed by atoms with Gasteiger partial charge in [0, 0.05) is 23.9 Å². The molecule has 98 valence electrons. The molecule has 0 bridgehead atoms. The normalized spacial score (nSPS) is 23.7. The molecular weight excluding hydrogens is 244 g/mol. The maximum atomic E-state index is 11.9. The number of hydrogen-bond acceptors (Lipinski definition) is 3. The zero-order chi connectivity index (χ0) is 13.1. The first-order valence-electron chi connectivity index (χ1n) is 6.36. The number of thioether (sulfide) groups is 1. The summed E-state index contributed by atoms with van der Waals surface area (Å²) in [4.78, 5) is 15.1. The fraction of sp³-hybridized carbons (Fsp3) is 0.500. The third kappa shape index (κ3) is 2.54. The van der Waals surface area contributed by atoms with Gasteiger partial charge in [-0.2, -0.15) is 0 Å². The van der Waals surface area contributed by atoms with Gasteiger partial charge in [-0.1, -0.05) is 19.1 Å². The molecule has 18 heavy (non-hydrogen) atoms. The quantitative estimate of drug-likeness (QED) is 0.850. The summed E-state index contributed by atoms with van der Waals surface area (Å²) in [6.45, 7) is 2.88. The molecule has 1 fully saturated rings. The fourth-order valence-electron chi connectivity index (χ4n) is 2.55. The minimum Gasteiger partial charge on any atom is -0.334 e. The summed E-state index contributed by atoms with van der Waals surface area (Å²) in [6, 6.07) is 8.35. The van der Waals surface area contributed by atoms with Crippen molar-refractivity contribution in [2.45, 2.75) is 36.7 Å². The lowest BCUT2D eigenvalue weighted by molar-refractivity contribution is -0.129. The van der Waals surface area contributed by atoms with E-state index in [1.165, 1.54) is 4.90 Å². The topological polar surface area (TPSA) is 46.3 Å². The molecule has 4 heteroatoms. The van der Waals surface area contributed by atoms with Crippen molar-refractivity contribution in [2.75, 3.05) is 12.8 Å². The van der Waals surface area contributed by atoms with Crippen molar-refractivity contribution in [1.82, 2.24) is 4.90 Å². The van der Waals surface area contributed by atoms with Gasteiger partial charge < -0.3 is 10.6 Å². The average molecular weight is 264 g/mol. The van der Waals surface area contributed by atoms with Gasteiger partial charge in [0.1, 0.15) is 0 Å². The molecule has 3 nitrogen and oxygen atoms in total. The first-order chi connectivity index (χ1) is 8.67. The molecule has 1 aromatic carbocycles. The summed E-state index contributed by atoms with van der Waals surface area (Å²) >= 11 is 1.72. The SMILES string of the molecule is CCCN1C(=O)CC(N)C1c1ccc(SC)cc1. The maximum absolute atomic E-state index is 11.9. The Morgan fingerprint density at radius 1 is 1.39 bits per heavy atom. The number of rotatable bonds is 4. The van der Waals surface area contributed by atoms with Gasteiger partial charge in [-0.3, -0.25) is 4.79 Å². The van der Waals surface area contributed by atoms with Crippen LogP contribution in [0, 0.1) is 0 Å². The Morgan fingerprint density at radius 3 is 2.61 bits per heavy atom. The molecule has 0 aliphatic carbocycles. The van der Waals surface area contributed by atoms with Crippen LogP contribution >= 0.6 is 11.8 Å². The van der Waals surface area contributed by atoms with Crippen LogP contribution in [0.15, 0.2) is 29.2 Å². The number of nitrogens with two attached hydrogens (primary N) is 1. The second kappa shape index (κ2) is 5.76. The van der Waals surface area contributed by atoms with Crippen LogP contribution < -0.4 is 5.73 Å². The van der Waals surface area contributed by atoms with E-state index in [-0.39, 0.29) is 18.0 Å². The van der Waals surface area contributed by atoms with Gasteiger partial charge in [-0.25, -0.2) is 0 Å². The molecule has 0 aromatic heterocycles. The van der Waals surface area contributed by atoms with Crippen molar-refractivity contribution in [2.24, 2.45) is 5.73 Å². The minimum absolute atomic E-state index is 0.0494. The second-order valence-electron chi connectivity index (χ2n) is 4.67. The molecule has 2 unspecified atom stereocenters. The highest BCUT2D eigenvalue weighted by Gasteiger charge is 2.37. The molecule has 2 rings (SSSR count). The van der Waals surface area contributed by atoms with E-state index in [1.54, 1.807) is 11.8 Å². The Morgan fingerprint density at radius 2 is 2.06 bits per heavy atom. The van der Waals surface area contributed by atoms with Gasteiger partial charge >= 0.3 is 0 Å². The Labute approximate surface area is 113 Å². The first-order valence-corrected chi connectivity index (χ1v) is 7.58. The number of carbonyl (C=O) groups excluding carboxylic acids is 1. The van der Waals surface area contributed by atoms with Gasteiger partial charge in [0.05, 0.1) is 6.04 Å². The standard InChI is InChI=1S/C14H20N2OS/c1-3-8-16-13(17)9-12(15)14(16)10-4-6-11(18-2)7-5-10/h4-7,12,14H,3,8-9,15H2,1-2H3. The van der Waals surface area contributed by atoms with E-state index in [0.717, 1.165) is 18.5 Å². The lowest BCUT2D eigenvalue weighted by Crippen LogP contribution is -2.33. The van der Waals surface area contributed by atoms with Gasteiger partial charge in [0.2, 0.25) is 5.91 Å². The van der Waals surface area contributed by atoms with E-state index in [0.29, 0.717) is 6.42 Å².